The standard InChI is InChI=1S/C32H21ClN8O4S/c33-26-7-5-23(46-26)17-36-30-25(15-34)28(39-41(30)31(43)21-1-3-22(4-2-21)32(44)45)29-24(20-10-12-35-13-11-20)6-8-27(42)40(29)18-19-9-14-37-38-16-19/h1-14,16,36H,17-18H2,(H,44,45). The van der Waals surface area contributed by atoms with Crippen LogP contribution in [-0.2, 0) is 13.1 Å². The highest BCUT2D eigenvalue weighted by molar-refractivity contribution is 7.16. The van der Waals surface area contributed by atoms with Crippen molar-refractivity contribution in [2.45, 2.75) is 13.1 Å². The summed E-state index contributed by atoms with van der Waals surface area (Å²) in [6.07, 6.45) is 6.25. The summed E-state index contributed by atoms with van der Waals surface area (Å²) >= 11 is 7.47. The maximum atomic E-state index is 14.0. The number of carbonyl (C=O) groups excluding carboxylic acids is 1. The molecule has 0 aliphatic heterocycles. The second-order valence-corrected chi connectivity index (χ2v) is 11.6. The van der Waals surface area contributed by atoms with Gasteiger partial charge in [0.2, 0.25) is 0 Å². The van der Waals surface area contributed by atoms with Gasteiger partial charge in [0.25, 0.3) is 11.5 Å². The number of hydrogen-bond donors (Lipinski definition) is 2. The lowest BCUT2D eigenvalue weighted by molar-refractivity contribution is 0.0696. The van der Waals surface area contributed by atoms with E-state index in [9.17, 15) is 24.8 Å². The third-order valence-corrected chi connectivity index (χ3v) is 8.24. The van der Waals surface area contributed by atoms with Gasteiger partial charge < -0.3 is 15.0 Å². The van der Waals surface area contributed by atoms with E-state index in [1.807, 2.05) is 6.07 Å². The summed E-state index contributed by atoms with van der Waals surface area (Å²) in [4.78, 5) is 43.8. The quantitative estimate of drug-likeness (QED) is 0.213. The number of aromatic nitrogens is 6. The zero-order chi connectivity index (χ0) is 32.2. The molecule has 0 amide bonds. The maximum absolute atomic E-state index is 14.0. The number of benzene rings is 1. The largest absolute Gasteiger partial charge is 0.478 e. The van der Waals surface area contributed by atoms with E-state index in [-0.39, 0.29) is 46.9 Å². The molecule has 0 unspecified atom stereocenters. The topological polar surface area (TPSA) is 169 Å². The summed E-state index contributed by atoms with van der Waals surface area (Å²) in [5.74, 6) is -1.68. The van der Waals surface area contributed by atoms with Crippen LogP contribution in [0.5, 0.6) is 0 Å². The van der Waals surface area contributed by atoms with Crippen molar-refractivity contribution >= 4 is 40.6 Å². The van der Waals surface area contributed by atoms with Crippen LogP contribution in [0.1, 0.15) is 36.7 Å². The van der Waals surface area contributed by atoms with Crippen molar-refractivity contribution in [1.82, 2.24) is 29.5 Å². The SMILES string of the molecule is N#Cc1c(-c2c(-c3ccncc3)ccc(=O)n2Cc2ccnnc2)nn(C(=O)c2ccc(C(=O)O)cc2)c1NCc1ccc(Cl)s1. The average molecular weight is 649 g/mol. The summed E-state index contributed by atoms with van der Waals surface area (Å²) < 4.78 is 3.10. The van der Waals surface area contributed by atoms with Crippen molar-refractivity contribution in [3.05, 3.63) is 133 Å². The molecular formula is C32H21ClN8O4S. The minimum Gasteiger partial charge on any atom is -0.478 e. The highest BCUT2D eigenvalue weighted by Gasteiger charge is 2.28. The number of nitrogens with zero attached hydrogens (tertiary/aromatic N) is 7. The number of nitriles is 1. The number of carboxylic acid groups (broad SMARTS) is 1. The lowest BCUT2D eigenvalue weighted by atomic mass is 10.0. The van der Waals surface area contributed by atoms with E-state index >= 15 is 0 Å². The molecule has 6 rings (SSSR count). The van der Waals surface area contributed by atoms with Gasteiger partial charge in [0, 0.05) is 40.7 Å². The molecule has 12 nitrogen and oxygen atoms in total. The molecule has 0 spiro atoms. The van der Waals surface area contributed by atoms with Crippen LogP contribution in [0.15, 0.2) is 96.3 Å². The number of carbonyl (C=O) groups is 2. The van der Waals surface area contributed by atoms with E-state index < -0.39 is 11.9 Å². The van der Waals surface area contributed by atoms with Gasteiger partial charge in [-0.05, 0) is 71.8 Å². The van der Waals surface area contributed by atoms with Crippen LogP contribution in [0.2, 0.25) is 4.34 Å². The van der Waals surface area contributed by atoms with Crippen molar-refractivity contribution in [2.75, 3.05) is 5.32 Å². The van der Waals surface area contributed by atoms with Crippen LogP contribution in [0.3, 0.4) is 0 Å². The first-order valence-corrected chi connectivity index (χ1v) is 14.8. The normalized spacial score (nSPS) is 10.8. The summed E-state index contributed by atoms with van der Waals surface area (Å²) in [5, 5.41) is 35.5. The van der Waals surface area contributed by atoms with Crippen LogP contribution < -0.4 is 10.9 Å². The van der Waals surface area contributed by atoms with E-state index in [0.29, 0.717) is 26.7 Å². The average Bonchev–Trinajstić information content (AvgIpc) is 3.67. The highest BCUT2D eigenvalue weighted by atomic mass is 35.5. The van der Waals surface area contributed by atoms with Crippen molar-refractivity contribution < 1.29 is 14.7 Å². The highest BCUT2D eigenvalue weighted by Crippen LogP contribution is 2.36. The molecular weight excluding hydrogens is 628 g/mol. The first-order chi connectivity index (χ1) is 22.3. The Morgan fingerprint density at radius 1 is 0.957 bits per heavy atom. The fourth-order valence-electron chi connectivity index (χ4n) is 4.85. The summed E-state index contributed by atoms with van der Waals surface area (Å²) in [7, 11) is 0. The number of thiophene rings is 1. The summed E-state index contributed by atoms with van der Waals surface area (Å²) in [5.41, 5.74) is 2.09. The molecule has 0 aliphatic rings. The molecule has 14 heteroatoms. The molecule has 5 aromatic heterocycles. The lowest BCUT2D eigenvalue weighted by Crippen LogP contribution is -2.23. The van der Waals surface area contributed by atoms with Crippen molar-refractivity contribution in [3.8, 4) is 28.6 Å². The van der Waals surface area contributed by atoms with Gasteiger partial charge in [0.05, 0.1) is 34.9 Å². The number of aromatic carboxylic acids is 1. The second kappa shape index (κ2) is 12.9. The van der Waals surface area contributed by atoms with Gasteiger partial charge in [-0.3, -0.25) is 14.6 Å². The fourth-order valence-corrected chi connectivity index (χ4v) is 5.87. The zero-order valence-electron chi connectivity index (χ0n) is 23.7. The molecule has 0 aliphatic carbocycles. The first kappa shape index (κ1) is 30.1. The van der Waals surface area contributed by atoms with Crippen LogP contribution >= 0.6 is 22.9 Å². The van der Waals surface area contributed by atoms with Crippen molar-refractivity contribution in [2.24, 2.45) is 0 Å². The first-order valence-electron chi connectivity index (χ1n) is 13.6. The predicted octanol–water partition coefficient (Wildman–Crippen LogP) is 5.20. The molecule has 0 atom stereocenters. The summed E-state index contributed by atoms with van der Waals surface area (Å²) in [6, 6.07) is 19.4. The van der Waals surface area contributed by atoms with Crippen LogP contribution in [0.4, 0.5) is 5.82 Å². The Bertz CT molecular complexity index is 2170. The van der Waals surface area contributed by atoms with Crippen LogP contribution in [0.25, 0.3) is 22.5 Å². The molecule has 0 bridgehead atoms. The van der Waals surface area contributed by atoms with E-state index in [4.69, 9.17) is 11.6 Å². The van der Waals surface area contributed by atoms with Gasteiger partial charge in [0.1, 0.15) is 17.3 Å². The van der Waals surface area contributed by atoms with Crippen LogP contribution in [-0.4, -0.2) is 46.5 Å². The molecule has 226 valence electrons. The summed E-state index contributed by atoms with van der Waals surface area (Å²) in [6.45, 7) is 0.283. The van der Waals surface area contributed by atoms with Crippen LogP contribution in [0, 0.1) is 11.3 Å². The minimum atomic E-state index is -1.14. The zero-order valence-corrected chi connectivity index (χ0v) is 25.2. The van der Waals surface area contributed by atoms with E-state index in [2.05, 4.69) is 31.7 Å². The van der Waals surface area contributed by atoms with Gasteiger partial charge in [-0.15, -0.1) is 11.3 Å². The third-order valence-electron chi connectivity index (χ3n) is 7.01. The number of halogens is 1. The number of rotatable bonds is 9. The minimum absolute atomic E-state index is 0.00392. The van der Waals surface area contributed by atoms with Gasteiger partial charge >= 0.3 is 5.97 Å². The smallest absolute Gasteiger partial charge is 0.335 e. The Labute approximate surface area is 269 Å². The number of pyridine rings is 2. The predicted molar refractivity (Wildman–Crippen MR) is 171 cm³/mol. The molecule has 2 N–H and O–H groups in total. The molecule has 46 heavy (non-hydrogen) atoms. The molecule has 0 fully saturated rings. The van der Waals surface area contributed by atoms with Gasteiger partial charge in [-0.2, -0.15) is 25.2 Å². The molecule has 1 aromatic carbocycles. The Kier molecular flexibility index (Phi) is 8.46. The molecule has 0 radical (unpaired) electrons. The Balaban J connectivity index is 1.59. The van der Waals surface area contributed by atoms with E-state index in [0.717, 1.165) is 9.56 Å². The number of nitrogens with one attached hydrogen (secondary N) is 1. The fraction of sp³-hybridized carbons (Fsp3) is 0.0625. The Hall–Kier alpha value is -5.97. The van der Waals surface area contributed by atoms with E-state index in [1.165, 1.54) is 58.6 Å². The third kappa shape index (κ3) is 6.03. The van der Waals surface area contributed by atoms with Crippen molar-refractivity contribution in [3.63, 3.8) is 0 Å². The molecule has 0 saturated carbocycles. The lowest BCUT2D eigenvalue weighted by Gasteiger charge is -2.16. The van der Waals surface area contributed by atoms with Gasteiger partial charge in [0.15, 0.2) is 5.82 Å². The monoisotopic (exact) mass is 648 g/mol. The van der Waals surface area contributed by atoms with Crippen molar-refractivity contribution in [1.29, 1.82) is 5.26 Å². The number of anilines is 1. The van der Waals surface area contributed by atoms with Gasteiger partial charge in [-0.1, -0.05) is 11.6 Å². The number of carboxylic acids is 1. The van der Waals surface area contributed by atoms with Gasteiger partial charge in [-0.25, -0.2) is 4.79 Å². The molecule has 0 saturated heterocycles. The molecule has 6 aromatic rings. The molecule has 5 heterocycles. The number of hydrogen-bond acceptors (Lipinski definition) is 10. The Morgan fingerprint density at radius 3 is 2.37 bits per heavy atom. The van der Waals surface area contributed by atoms with E-state index in [1.54, 1.807) is 42.7 Å². The Morgan fingerprint density at radius 2 is 1.72 bits per heavy atom. The maximum Gasteiger partial charge on any atom is 0.335 e. The second-order valence-electron chi connectivity index (χ2n) is 9.85.